The Morgan fingerprint density at radius 3 is 2.65 bits per heavy atom. The van der Waals surface area contributed by atoms with Gasteiger partial charge in [-0.2, -0.15) is 0 Å². The lowest BCUT2D eigenvalue weighted by atomic mass is 10.1. The number of nitrogens with zero attached hydrogens (tertiary/aromatic N) is 1. The molecule has 26 heavy (non-hydrogen) atoms. The predicted octanol–water partition coefficient (Wildman–Crippen LogP) is 3.54. The number of hydrogen-bond donors (Lipinski definition) is 1. The van der Waals surface area contributed by atoms with Crippen LogP contribution in [0.2, 0.25) is 5.02 Å². The van der Waals surface area contributed by atoms with Gasteiger partial charge in [-0.25, -0.2) is 0 Å². The summed E-state index contributed by atoms with van der Waals surface area (Å²) in [4.78, 5) is 14.8. The molecule has 1 heterocycles. The van der Waals surface area contributed by atoms with E-state index < -0.39 is 0 Å². The normalized spacial score (nSPS) is 16.5. The first kappa shape index (κ1) is 18.6. The molecule has 136 valence electrons. The fourth-order valence-corrected chi connectivity index (χ4v) is 3.16. The van der Waals surface area contributed by atoms with Gasteiger partial charge in [0.1, 0.15) is 0 Å². The van der Waals surface area contributed by atoms with E-state index in [1.165, 1.54) is 0 Å². The largest absolute Gasteiger partial charge is 0.379 e. The first-order valence-electron chi connectivity index (χ1n) is 8.80. The summed E-state index contributed by atoms with van der Waals surface area (Å²) in [6.45, 7) is 4.02. The minimum absolute atomic E-state index is 0.0641. The molecule has 0 spiro atoms. The van der Waals surface area contributed by atoms with E-state index in [0.29, 0.717) is 5.02 Å². The molecule has 1 aliphatic rings. The van der Waals surface area contributed by atoms with Crippen molar-refractivity contribution in [3.63, 3.8) is 0 Å². The monoisotopic (exact) mass is 370 g/mol. The molecule has 2 aromatic carbocycles. The maximum Gasteiger partial charge on any atom is 0.244 e. The Morgan fingerprint density at radius 1 is 1.15 bits per heavy atom. The molecule has 1 atom stereocenters. The third-order valence-electron chi connectivity index (χ3n) is 4.34. The van der Waals surface area contributed by atoms with Gasteiger partial charge in [-0.3, -0.25) is 9.69 Å². The van der Waals surface area contributed by atoms with Crippen LogP contribution in [0.15, 0.2) is 60.7 Å². The van der Waals surface area contributed by atoms with Gasteiger partial charge in [0, 0.05) is 30.7 Å². The molecule has 1 N–H and O–H groups in total. The SMILES string of the molecule is O=C(/C=C/c1cccc(Cl)c1)N[C@H](CN1CCOCC1)c1ccccc1. The van der Waals surface area contributed by atoms with Crippen molar-refractivity contribution in [3.05, 3.63) is 76.8 Å². The van der Waals surface area contributed by atoms with Crippen LogP contribution in [0.1, 0.15) is 17.2 Å². The first-order chi connectivity index (χ1) is 12.7. The predicted molar refractivity (Wildman–Crippen MR) is 105 cm³/mol. The van der Waals surface area contributed by atoms with Crippen molar-refractivity contribution in [1.82, 2.24) is 10.2 Å². The number of ether oxygens (including phenoxy) is 1. The zero-order valence-corrected chi connectivity index (χ0v) is 15.4. The minimum atomic E-state index is -0.118. The fraction of sp³-hybridized carbons (Fsp3) is 0.286. The number of rotatable bonds is 6. The van der Waals surface area contributed by atoms with Crippen molar-refractivity contribution in [2.45, 2.75) is 6.04 Å². The van der Waals surface area contributed by atoms with E-state index in [2.05, 4.69) is 10.2 Å². The summed E-state index contributed by atoms with van der Waals surface area (Å²) in [7, 11) is 0. The number of benzene rings is 2. The Hall–Kier alpha value is -2.14. The van der Waals surface area contributed by atoms with E-state index in [1.54, 1.807) is 12.2 Å². The summed E-state index contributed by atoms with van der Waals surface area (Å²) >= 11 is 5.98. The molecule has 1 aliphatic heterocycles. The Bertz CT molecular complexity index is 743. The number of morpholine rings is 1. The molecule has 2 aromatic rings. The van der Waals surface area contributed by atoms with Crippen LogP contribution in [0, 0.1) is 0 Å². The quantitative estimate of drug-likeness (QED) is 0.791. The van der Waals surface area contributed by atoms with E-state index >= 15 is 0 Å². The van der Waals surface area contributed by atoms with Gasteiger partial charge in [-0.1, -0.05) is 54.1 Å². The number of nitrogens with one attached hydrogen (secondary N) is 1. The summed E-state index contributed by atoms with van der Waals surface area (Å²) in [5, 5.41) is 3.78. The number of halogens is 1. The first-order valence-corrected chi connectivity index (χ1v) is 9.18. The third kappa shape index (κ3) is 5.70. The van der Waals surface area contributed by atoms with Crippen LogP contribution < -0.4 is 5.32 Å². The average Bonchev–Trinajstić information content (AvgIpc) is 2.67. The number of carbonyl (C=O) groups is 1. The molecule has 0 saturated carbocycles. The smallest absolute Gasteiger partial charge is 0.244 e. The van der Waals surface area contributed by atoms with Crippen molar-refractivity contribution in [2.24, 2.45) is 0 Å². The number of hydrogen-bond acceptors (Lipinski definition) is 3. The van der Waals surface area contributed by atoms with Crippen molar-refractivity contribution in [2.75, 3.05) is 32.8 Å². The van der Waals surface area contributed by atoms with E-state index in [-0.39, 0.29) is 11.9 Å². The second-order valence-electron chi connectivity index (χ2n) is 6.27. The maximum atomic E-state index is 12.5. The summed E-state index contributed by atoms with van der Waals surface area (Å²) < 4.78 is 5.41. The Balaban J connectivity index is 1.67. The molecular weight excluding hydrogens is 348 g/mol. The Labute approximate surface area is 159 Å². The Morgan fingerprint density at radius 2 is 1.92 bits per heavy atom. The standard InChI is InChI=1S/C21H23ClN2O2/c22-19-8-4-5-17(15-19)9-10-21(25)23-20(18-6-2-1-3-7-18)16-24-11-13-26-14-12-24/h1-10,15,20H,11-14,16H2,(H,23,25)/b10-9+/t20-/m1/s1. The number of carbonyl (C=O) groups excluding carboxylic acids is 1. The van der Waals surface area contributed by atoms with Gasteiger partial charge < -0.3 is 10.1 Å². The van der Waals surface area contributed by atoms with Gasteiger partial charge in [0.05, 0.1) is 19.3 Å². The second kappa shape index (κ2) is 9.53. The minimum Gasteiger partial charge on any atom is -0.379 e. The van der Waals surface area contributed by atoms with Gasteiger partial charge in [0.25, 0.3) is 0 Å². The molecule has 1 fully saturated rings. The lowest BCUT2D eigenvalue weighted by molar-refractivity contribution is -0.117. The van der Waals surface area contributed by atoms with Gasteiger partial charge in [-0.15, -0.1) is 0 Å². The topological polar surface area (TPSA) is 41.6 Å². The lowest BCUT2D eigenvalue weighted by Crippen LogP contribution is -2.42. The van der Waals surface area contributed by atoms with Crippen LogP contribution in [-0.4, -0.2) is 43.7 Å². The molecular formula is C21H23ClN2O2. The molecule has 1 amide bonds. The number of amides is 1. The fourth-order valence-electron chi connectivity index (χ4n) is 2.96. The van der Waals surface area contributed by atoms with E-state index in [4.69, 9.17) is 16.3 Å². The molecule has 3 rings (SSSR count). The van der Waals surface area contributed by atoms with Crippen LogP contribution >= 0.6 is 11.6 Å². The van der Waals surface area contributed by atoms with E-state index in [1.807, 2.05) is 54.6 Å². The third-order valence-corrected chi connectivity index (χ3v) is 4.57. The molecule has 0 unspecified atom stereocenters. The van der Waals surface area contributed by atoms with Crippen molar-refractivity contribution < 1.29 is 9.53 Å². The van der Waals surface area contributed by atoms with Crippen LogP contribution in [0.4, 0.5) is 0 Å². The van der Waals surface area contributed by atoms with Gasteiger partial charge in [0.2, 0.25) is 5.91 Å². The molecule has 4 nitrogen and oxygen atoms in total. The van der Waals surface area contributed by atoms with Crippen LogP contribution in [0.25, 0.3) is 6.08 Å². The van der Waals surface area contributed by atoms with Gasteiger partial charge in [0.15, 0.2) is 0 Å². The summed E-state index contributed by atoms with van der Waals surface area (Å²) in [5.74, 6) is -0.118. The molecule has 0 aromatic heterocycles. The highest BCUT2D eigenvalue weighted by Crippen LogP contribution is 2.16. The maximum absolute atomic E-state index is 12.5. The van der Waals surface area contributed by atoms with Crippen LogP contribution in [0.3, 0.4) is 0 Å². The van der Waals surface area contributed by atoms with Crippen molar-refractivity contribution >= 4 is 23.6 Å². The molecule has 0 radical (unpaired) electrons. The average molecular weight is 371 g/mol. The van der Waals surface area contributed by atoms with E-state index in [0.717, 1.165) is 44.0 Å². The van der Waals surface area contributed by atoms with Crippen LogP contribution in [0.5, 0.6) is 0 Å². The molecule has 1 saturated heterocycles. The zero-order chi connectivity index (χ0) is 18.2. The highest BCUT2D eigenvalue weighted by molar-refractivity contribution is 6.30. The summed E-state index contributed by atoms with van der Waals surface area (Å²) in [5.41, 5.74) is 2.00. The molecule has 0 aliphatic carbocycles. The van der Waals surface area contributed by atoms with Gasteiger partial charge in [-0.05, 0) is 29.3 Å². The van der Waals surface area contributed by atoms with Crippen molar-refractivity contribution in [3.8, 4) is 0 Å². The highest BCUT2D eigenvalue weighted by Gasteiger charge is 2.19. The summed E-state index contributed by atoms with van der Waals surface area (Å²) in [6.07, 6.45) is 3.33. The Kier molecular flexibility index (Phi) is 6.83. The van der Waals surface area contributed by atoms with Crippen molar-refractivity contribution in [1.29, 1.82) is 0 Å². The summed E-state index contributed by atoms with van der Waals surface area (Å²) in [6, 6.07) is 17.4. The molecule has 5 heteroatoms. The van der Waals surface area contributed by atoms with E-state index in [9.17, 15) is 4.79 Å². The molecule has 0 bridgehead atoms. The lowest BCUT2D eigenvalue weighted by Gasteiger charge is -2.31. The highest BCUT2D eigenvalue weighted by atomic mass is 35.5. The van der Waals surface area contributed by atoms with Gasteiger partial charge >= 0.3 is 0 Å². The van der Waals surface area contributed by atoms with Crippen LogP contribution in [-0.2, 0) is 9.53 Å². The zero-order valence-electron chi connectivity index (χ0n) is 14.6. The second-order valence-corrected chi connectivity index (χ2v) is 6.71.